The van der Waals surface area contributed by atoms with Crippen LogP contribution < -0.4 is 15.4 Å². The van der Waals surface area contributed by atoms with Gasteiger partial charge in [0.05, 0.1) is 11.7 Å². The predicted molar refractivity (Wildman–Crippen MR) is 116 cm³/mol. The molecule has 1 aromatic carbocycles. The number of amides is 2. The molecule has 1 aliphatic heterocycles. The van der Waals surface area contributed by atoms with E-state index in [9.17, 15) is 18.4 Å². The van der Waals surface area contributed by atoms with Crippen LogP contribution in [0.4, 0.5) is 14.5 Å². The second-order valence-electron chi connectivity index (χ2n) is 7.47. The van der Waals surface area contributed by atoms with E-state index in [1.54, 1.807) is 30.4 Å². The number of alkyl halides is 2. The first kappa shape index (κ1) is 23.1. The van der Waals surface area contributed by atoms with Gasteiger partial charge in [0.15, 0.2) is 0 Å². The molecular formula is C22H27F2N3O3S. The first-order valence-electron chi connectivity index (χ1n) is 10.3. The number of anilines is 1. The summed E-state index contributed by atoms with van der Waals surface area (Å²) in [5.41, 5.74) is 0.208. The van der Waals surface area contributed by atoms with Gasteiger partial charge >= 0.3 is 6.61 Å². The molecule has 0 spiro atoms. The number of hydrogen-bond acceptors (Lipinski definition) is 5. The van der Waals surface area contributed by atoms with Crippen molar-refractivity contribution in [3.63, 3.8) is 0 Å². The van der Waals surface area contributed by atoms with Gasteiger partial charge in [-0.05, 0) is 62.9 Å². The molecule has 1 saturated heterocycles. The Morgan fingerprint density at radius 2 is 1.94 bits per heavy atom. The van der Waals surface area contributed by atoms with Gasteiger partial charge < -0.3 is 15.4 Å². The number of rotatable bonds is 9. The van der Waals surface area contributed by atoms with E-state index < -0.39 is 12.7 Å². The summed E-state index contributed by atoms with van der Waals surface area (Å²) in [6, 6.07) is 9.71. The molecule has 0 aliphatic carbocycles. The Bertz CT molecular complexity index is 855. The van der Waals surface area contributed by atoms with Crippen LogP contribution in [0.1, 0.15) is 24.6 Å². The number of likely N-dealkylation sites (tertiary alicyclic amines) is 1. The lowest BCUT2D eigenvalue weighted by Crippen LogP contribution is -2.48. The summed E-state index contributed by atoms with van der Waals surface area (Å²) in [4.78, 5) is 28.3. The highest BCUT2D eigenvalue weighted by Crippen LogP contribution is 2.26. The molecule has 0 bridgehead atoms. The number of nitrogens with one attached hydrogen (secondary N) is 2. The summed E-state index contributed by atoms with van der Waals surface area (Å²) in [5, 5.41) is 7.70. The third-order valence-electron chi connectivity index (χ3n) is 5.44. The van der Waals surface area contributed by atoms with Gasteiger partial charge in [-0.2, -0.15) is 8.78 Å². The van der Waals surface area contributed by atoms with Gasteiger partial charge in [0, 0.05) is 17.3 Å². The van der Waals surface area contributed by atoms with Crippen LogP contribution in [0.5, 0.6) is 5.75 Å². The van der Waals surface area contributed by atoms with Crippen molar-refractivity contribution >= 4 is 28.8 Å². The maximum absolute atomic E-state index is 12.6. The molecular weight excluding hydrogens is 424 g/mol. The standard InChI is InChI=1S/C22H27F2N3O3S/c1-15(20(28)26-18-6-2-3-7-19(18)30-22(23)24)27-12-9-16(10-13-27)21(29)25-11-8-17-5-4-14-31-17/h2-7,14-16,22H,8-13H2,1H3,(H,25,29)(H,26,28). The van der Waals surface area contributed by atoms with Gasteiger partial charge in [0.1, 0.15) is 5.75 Å². The van der Waals surface area contributed by atoms with E-state index in [1.807, 2.05) is 16.3 Å². The van der Waals surface area contributed by atoms with Crippen LogP contribution in [0.2, 0.25) is 0 Å². The third-order valence-corrected chi connectivity index (χ3v) is 6.38. The minimum atomic E-state index is -2.97. The SMILES string of the molecule is CC(C(=O)Nc1ccccc1OC(F)F)N1CCC(C(=O)NCCc2cccs2)CC1. The molecule has 31 heavy (non-hydrogen) atoms. The zero-order valence-corrected chi connectivity index (χ0v) is 18.2. The van der Waals surface area contributed by atoms with Gasteiger partial charge in [-0.25, -0.2) is 0 Å². The summed E-state index contributed by atoms with van der Waals surface area (Å²) in [5.74, 6) is -0.374. The lowest BCUT2D eigenvalue weighted by molar-refractivity contribution is -0.127. The van der Waals surface area contributed by atoms with Crippen molar-refractivity contribution in [3.8, 4) is 5.75 Å². The molecule has 2 amide bonds. The van der Waals surface area contributed by atoms with E-state index in [2.05, 4.69) is 21.4 Å². The molecule has 168 valence electrons. The smallest absolute Gasteiger partial charge is 0.387 e. The fourth-order valence-corrected chi connectivity index (χ4v) is 4.34. The maximum Gasteiger partial charge on any atom is 0.387 e. The second-order valence-corrected chi connectivity index (χ2v) is 8.50. The van der Waals surface area contributed by atoms with Gasteiger partial charge in [-0.15, -0.1) is 11.3 Å². The molecule has 2 aromatic rings. The van der Waals surface area contributed by atoms with Crippen LogP contribution in [-0.4, -0.2) is 49.0 Å². The summed E-state index contributed by atoms with van der Waals surface area (Å²) in [6.07, 6.45) is 2.18. The maximum atomic E-state index is 12.6. The fraction of sp³-hybridized carbons (Fsp3) is 0.455. The Morgan fingerprint density at radius 3 is 2.61 bits per heavy atom. The molecule has 2 N–H and O–H groups in total. The summed E-state index contributed by atoms with van der Waals surface area (Å²) in [7, 11) is 0. The average molecular weight is 452 g/mol. The monoisotopic (exact) mass is 451 g/mol. The number of benzene rings is 1. The molecule has 1 aliphatic rings. The number of piperidine rings is 1. The minimum Gasteiger partial charge on any atom is -0.433 e. The Hall–Kier alpha value is -2.52. The van der Waals surface area contributed by atoms with E-state index in [1.165, 1.54) is 17.0 Å². The lowest BCUT2D eigenvalue weighted by atomic mass is 9.95. The highest BCUT2D eigenvalue weighted by atomic mass is 32.1. The van der Waals surface area contributed by atoms with E-state index in [4.69, 9.17) is 0 Å². The van der Waals surface area contributed by atoms with Crippen LogP contribution >= 0.6 is 11.3 Å². The number of thiophene rings is 1. The minimum absolute atomic E-state index is 0.0602. The zero-order valence-electron chi connectivity index (χ0n) is 17.4. The fourth-order valence-electron chi connectivity index (χ4n) is 3.63. The van der Waals surface area contributed by atoms with Crippen molar-refractivity contribution in [2.45, 2.75) is 38.8 Å². The van der Waals surface area contributed by atoms with Crippen molar-refractivity contribution in [1.29, 1.82) is 0 Å². The van der Waals surface area contributed by atoms with Crippen LogP contribution in [0.25, 0.3) is 0 Å². The Balaban J connectivity index is 1.44. The molecule has 1 unspecified atom stereocenters. The van der Waals surface area contributed by atoms with E-state index >= 15 is 0 Å². The number of hydrogen-bond donors (Lipinski definition) is 2. The second kappa shape index (κ2) is 11.2. The number of carbonyl (C=O) groups is 2. The van der Waals surface area contributed by atoms with Crippen molar-refractivity contribution in [2.75, 3.05) is 25.0 Å². The van der Waals surface area contributed by atoms with Crippen molar-refractivity contribution in [1.82, 2.24) is 10.2 Å². The molecule has 3 rings (SSSR count). The predicted octanol–water partition coefficient (Wildman–Crippen LogP) is 3.75. The largest absolute Gasteiger partial charge is 0.433 e. The molecule has 1 atom stereocenters. The molecule has 0 radical (unpaired) electrons. The van der Waals surface area contributed by atoms with Crippen LogP contribution in [0.3, 0.4) is 0 Å². The van der Waals surface area contributed by atoms with Crippen molar-refractivity contribution < 1.29 is 23.1 Å². The number of ether oxygens (including phenoxy) is 1. The van der Waals surface area contributed by atoms with Gasteiger partial charge in [-0.1, -0.05) is 18.2 Å². The summed E-state index contributed by atoms with van der Waals surface area (Å²) in [6.45, 7) is 0.664. The Labute approximate surface area is 184 Å². The Morgan fingerprint density at radius 1 is 1.19 bits per heavy atom. The summed E-state index contributed by atoms with van der Waals surface area (Å²) >= 11 is 1.68. The average Bonchev–Trinajstić information content (AvgIpc) is 3.28. The zero-order chi connectivity index (χ0) is 22.2. The lowest BCUT2D eigenvalue weighted by Gasteiger charge is -2.34. The first-order chi connectivity index (χ1) is 14.9. The van der Waals surface area contributed by atoms with E-state index in [0.717, 1.165) is 6.42 Å². The van der Waals surface area contributed by atoms with Gasteiger partial charge in [0.25, 0.3) is 0 Å². The topological polar surface area (TPSA) is 70.7 Å². The van der Waals surface area contributed by atoms with Crippen molar-refractivity contribution in [2.24, 2.45) is 5.92 Å². The van der Waals surface area contributed by atoms with Crippen LogP contribution in [0, 0.1) is 5.92 Å². The number of carbonyl (C=O) groups excluding carboxylic acids is 2. The Kier molecular flexibility index (Phi) is 8.36. The number of para-hydroxylation sites is 2. The molecule has 9 heteroatoms. The van der Waals surface area contributed by atoms with E-state index in [-0.39, 0.29) is 29.2 Å². The molecule has 6 nitrogen and oxygen atoms in total. The molecule has 2 heterocycles. The highest BCUT2D eigenvalue weighted by molar-refractivity contribution is 7.09. The number of nitrogens with zero attached hydrogens (tertiary/aromatic N) is 1. The van der Waals surface area contributed by atoms with Crippen molar-refractivity contribution in [3.05, 3.63) is 46.7 Å². The molecule has 0 saturated carbocycles. The quantitative estimate of drug-likeness (QED) is 0.609. The molecule has 1 fully saturated rings. The van der Waals surface area contributed by atoms with Gasteiger partial charge in [0.2, 0.25) is 11.8 Å². The van der Waals surface area contributed by atoms with Crippen LogP contribution in [0.15, 0.2) is 41.8 Å². The number of halogens is 2. The molecule has 1 aromatic heterocycles. The normalized spacial score (nSPS) is 16.1. The highest BCUT2D eigenvalue weighted by Gasteiger charge is 2.30. The first-order valence-corrected chi connectivity index (χ1v) is 11.2. The summed E-state index contributed by atoms with van der Waals surface area (Å²) < 4.78 is 29.6. The third kappa shape index (κ3) is 6.73. The van der Waals surface area contributed by atoms with Gasteiger partial charge in [-0.3, -0.25) is 14.5 Å². The van der Waals surface area contributed by atoms with E-state index in [0.29, 0.717) is 32.5 Å². The van der Waals surface area contributed by atoms with Crippen LogP contribution in [-0.2, 0) is 16.0 Å².